The monoisotopic (exact) mass is 484 g/mol. The number of ketones is 1. The maximum atomic E-state index is 14.4. The Morgan fingerprint density at radius 2 is 1.77 bits per heavy atom. The molecule has 0 aromatic heterocycles. The normalized spacial score (nSPS) is 17.3. The zero-order valence-electron chi connectivity index (χ0n) is 20.7. The lowest BCUT2D eigenvalue weighted by Crippen LogP contribution is -2.38. The summed E-state index contributed by atoms with van der Waals surface area (Å²) in [5.41, 5.74) is 0.683. The topological polar surface area (TPSA) is 79.3 Å². The van der Waals surface area contributed by atoms with Crippen LogP contribution in [-0.4, -0.2) is 66.5 Å². The number of aliphatic hydroxyl groups is 1. The number of nitrogens with zero attached hydrogens (tertiary/aromatic N) is 2. The van der Waals surface area contributed by atoms with Crippen molar-refractivity contribution < 1.29 is 28.6 Å². The largest absolute Gasteiger partial charge is 0.507 e. The first-order valence-corrected chi connectivity index (χ1v) is 11.9. The van der Waals surface area contributed by atoms with Gasteiger partial charge in [0.25, 0.3) is 11.7 Å². The van der Waals surface area contributed by atoms with Crippen LogP contribution in [0.15, 0.2) is 48.0 Å². The maximum Gasteiger partial charge on any atom is 0.295 e. The first-order valence-electron chi connectivity index (χ1n) is 11.9. The fourth-order valence-electron chi connectivity index (χ4n) is 4.18. The Balaban J connectivity index is 2.07. The summed E-state index contributed by atoms with van der Waals surface area (Å²) in [6, 6.07) is 10.2. The highest BCUT2D eigenvalue weighted by Crippen LogP contribution is 2.40. The molecule has 35 heavy (non-hydrogen) atoms. The van der Waals surface area contributed by atoms with E-state index in [1.54, 1.807) is 24.3 Å². The number of likely N-dealkylation sites (N-methyl/N-ethyl adjacent to an activating group) is 1. The number of carbonyl (C=O) groups excluding carboxylic acids is 2. The van der Waals surface area contributed by atoms with Crippen molar-refractivity contribution in [2.45, 2.75) is 33.2 Å². The van der Waals surface area contributed by atoms with Gasteiger partial charge in [-0.15, -0.1) is 0 Å². The quantitative estimate of drug-likeness (QED) is 0.290. The van der Waals surface area contributed by atoms with Crippen LogP contribution < -0.4 is 9.47 Å². The van der Waals surface area contributed by atoms with Gasteiger partial charge in [-0.25, -0.2) is 4.39 Å². The zero-order valence-corrected chi connectivity index (χ0v) is 20.7. The number of rotatable bonds is 11. The van der Waals surface area contributed by atoms with Gasteiger partial charge in [-0.1, -0.05) is 32.9 Å². The molecule has 1 aliphatic rings. The molecule has 1 saturated heterocycles. The fourth-order valence-corrected chi connectivity index (χ4v) is 4.18. The first kappa shape index (κ1) is 26.2. The molecule has 3 rings (SSSR count). The van der Waals surface area contributed by atoms with Crippen LogP contribution in [0.5, 0.6) is 11.5 Å². The predicted octanol–water partition coefficient (Wildman–Crippen LogP) is 4.39. The van der Waals surface area contributed by atoms with E-state index in [0.717, 1.165) is 25.6 Å². The summed E-state index contributed by atoms with van der Waals surface area (Å²) in [6.45, 7) is 9.14. The molecule has 188 valence electrons. The van der Waals surface area contributed by atoms with E-state index in [1.165, 1.54) is 24.1 Å². The molecule has 0 bridgehead atoms. The molecule has 1 amide bonds. The molecule has 2 aromatic carbocycles. The van der Waals surface area contributed by atoms with Crippen LogP contribution in [0.4, 0.5) is 4.39 Å². The van der Waals surface area contributed by atoms with Crippen LogP contribution >= 0.6 is 0 Å². The van der Waals surface area contributed by atoms with Crippen LogP contribution in [0.1, 0.15) is 44.4 Å². The van der Waals surface area contributed by atoms with Crippen molar-refractivity contribution in [1.82, 2.24) is 9.80 Å². The molecule has 2 aromatic rings. The molecular weight excluding hydrogens is 451 g/mol. The molecular formula is C27H33FN2O5. The molecule has 1 atom stereocenters. The minimum atomic E-state index is -0.809. The van der Waals surface area contributed by atoms with Crippen molar-refractivity contribution in [1.29, 1.82) is 0 Å². The van der Waals surface area contributed by atoms with Gasteiger partial charge in [-0.3, -0.25) is 9.59 Å². The lowest BCUT2D eigenvalue weighted by molar-refractivity contribution is -0.140. The van der Waals surface area contributed by atoms with Gasteiger partial charge < -0.3 is 24.4 Å². The zero-order chi connectivity index (χ0) is 25.5. The Bertz CT molecular complexity index is 1080. The number of ether oxygens (including phenoxy) is 2. The molecule has 1 N–H and O–H groups in total. The lowest BCUT2D eigenvalue weighted by atomic mass is 9.95. The molecule has 1 aliphatic heterocycles. The molecule has 1 unspecified atom stereocenters. The van der Waals surface area contributed by atoms with Crippen molar-refractivity contribution in [2.24, 2.45) is 0 Å². The Labute approximate surface area is 205 Å². The maximum absolute atomic E-state index is 14.4. The second-order valence-electron chi connectivity index (χ2n) is 8.29. The summed E-state index contributed by atoms with van der Waals surface area (Å²) in [5, 5.41) is 11.1. The smallest absolute Gasteiger partial charge is 0.295 e. The Kier molecular flexibility index (Phi) is 8.87. The highest BCUT2D eigenvalue weighted by Gasteiger charge is 2.46. The van der Waals surface area contributed by atoms with E-state index < -0.39 is 29.3 Å². The van der Waals surface area contributed by atoms with Crippen LogP contribution in [-0.2, 0) is 9.59 Å². The van der Waals surface area contributed by atoms with Crippen LogP contribution in [0, 0.1) is 5.82 Å². The number of halogens is 1. The Hall–Kier alpha value is -3.39. The van der Waals surface area contributed by atoms with E-state index in [9.17, 15) is 19.1 Å². The Morgan fingerprint density at radius 1 is 1.09 bits per heavy atom. The highest BCUT2D eigenvalue weighted by molar-refractivity contribution is 6.46. The van der Waals surface area contributed by atoms with Gasteiger partial charge in [0, 0.05) is 18.7 Å². The summed E-state index contributed by atoms with van der Waals surface area (Å²) >= 11 is 0. The van der Waals surface area contributed by atoms with Gasteiger partial charge in [-0.05, 0) is 55.4 Å². The summed E-state index contributed by atoms with van der Waals surface area (Å²) in [7, 11) is 1.34. The second-order valence-corrected chi connectivity index (χ2v) is 8.29. The third-order valence-corrected chi connectivity index (χ3v) is 6.19. The van der Waals surface area contributed by atoms with E-state index >= 15 is 0 Å². The van der Waals surface area contributed by atoms with Crippen molar-refractivity contribution in [3.63, 3.8) is 0 Å². The van der Waals surface area contributed by atoms with E-state index in [0.29, 0.717) is 31.0 Å². The standard InChI is InChI=1S/C27H33FN2O5/c1-5-16-35-20-11-8-18(9-12-20)24-23(25(31)19-10-13-22(34-4)21(28)17-19)26(32)27(33)30(24)15-14-29(6-2)7-3/h8-13,17,24,31H,5-7,14-16H2,1-4H3/b25-23-. The first-order chi connectivity index (χ1) is 16.9. The van der Waals surface area contributed by atoms with Gasteiger partial charge in [-0.2, -0.15) is 0 Å². The summed E-state index contributed by atoms with van der Waals surface area (Å²) in [6.07, 6.45) is 0.867. The van der Waals surface area contributed by atoms with Gasteiger partial charge in [0.05, 0.1) is 25.3 Å². The highest BCUT2D eigenvalue weighted by atomic mass is 19.1. The van der Waals surface area contributed by atoms with Crippen molar-refractivity contribution in [2.75, 3.05) is 39.9 Å². The van der Waals surface area contributed by atoms with E-state index in [2.05, 4.69) is 4.90 Å². The number of aliphatic hydroxyl groups excluding tert-OH is 1. The summed E-state index contributed by atoms with van der Waals surface area (Å²) in [4.78, 5) is 29.9. The summed E-state index contributed by atoms with van der Waals surface area (Å²) < 4.78 is 25.0. The van der Waals surface area contributed by atoms with Crippen LogP contribution in [0.2, 0.25) is 0 Å². The third kappa shape index (κ3) is 5.65. The number of hydrogen-bond donors (Lipinski definition) is 1. The molecule has 0 radical (unpaired) electrons. The SMILES string of the molecule is CCCOc1ccc(C2/C(=C(/O)c3ccc(OC)c(F)c3)C(=O)C(=O)N2CCN(CC)CC)cc1. The van der Waals surface area contributed by atoms with E-state index in [-0.39, 0.29) is 16.9 Å². The number of amides is 1. The number of benzene rings is 2. The molecule has 7 nitrogen and oxygen atoms in total. The molecule has 0 spiro atoms. The number of hydrogen-bond acceptors (Lipinski definition) is 6. The second kappa shape index (κ2) is 11.8. The number of carbonyl (C=O) groups is 2. The lowest BCUT2D eigenvalue weighted by Gasteiger charge is -2.28. The number of methoxy groups -OCH3 is 1. The van der Waals surface area contributed by atoms with Gasteiger partial charge in [0.2, 0.25) is 0 Å². The minimum absolute atomic E-state index is 0.0143. The Morgan fingerprint density at radius 3 is 2.34 bits per heavy atom. The van der Waals surface area contributed by atoms with Gasteiger partial charge in [0.15, 0.2) is 11.6 Å². The van der Waals surface area contributed by atoms with Crippen molar-refractivity contribution in [3.05, 3.63) is 65.0 Å². The van der Waals surface area contributed by atoms with Gasteiger partial charge in [0.1, 0.15) is 11.5 Å². The van der Waals surface area contributed by atoms with Crippen LogP contribution in [0.25, 0.3) is 5.76 Å². The average molecular weight is 485 g/mol. The number of Topliss-reactive ketones (excluding diaryl/α,β-unsaturated/α-hetero) is 1. The van der Waals surface area contributed by atoms with Gasteiger partial charge >= 0.3 is 0 Å². The predicted molar refractivity (Wildman–Crippen MR) is 132 cm³/mol. The molecule has 1 heterocycles. The van der Waals surface area contributed by atoms with Crippen molar-refractivity contribution >= 4 is 17.4 Å². The fraction of sp³-hybridized carbons (Fsp3) is 0.407. The molecule has 0 saturated carbocycles. The number of likely N-dealkylation sites (tertiary alicyclic amines) is 1. The summed E-state index contributed by atoms with van der Waals surface area (Å²) in [5.74, 6) is -1.90. The third-order valence-electron chi connectivity index (χ3n) is 6.19. The molecule has 0 aliphatic carbocycles. The average Bonchev–Trinajstić information content (AvgIpc) is 3.12. The van der Waals surface area contributed by atoms with Crippen LogP contribution in [0.3, 0.4) is 0 Å². The molecule has 8 heteroatoms. The van der Waals surface area contributed by atoms with Crippen molar-refractivity contribution in [3.8, 4) is 11.5 Å². The van der Waals surface area contributed by atoms with E-state index in [1.807, 2.05) is 20.8 Å². The minimum Gasteiger partial charge on any atom is -0.507 e. The van der Waals surface area contributed by atoms with E-state index in [4.69, 9.17) is 9.47 Å². The molecule has 1 fully saturated rings.